The third-order valence-electron chi connectivity index (χ3n) is 3.48. The molecule has 1 amide bonds. The number of carbonyl (C=O) groups excluding carboxylic acids is 1. The van der Waals surface area contributed by atoms with Crippen molar-refractivity contribution in [1.82, 2.24) is 15.0 Å². The normalized spacial score (nSPS) is 11.5. The van der Waals surface area contributed by atoms with Crippen LogP contribution in [0.1, 0.15) is 31.4 Å². The molecule has 134 valence electrons. The minimum atomic E-state index is -3.48. The molecule has 1 aromatic carbocycles. The Morgan fingerprint density at radius 3 is 2.44 bits per heavy atom. The van der Waals surface area contributed by atoms with Crippen molar-refractivity contribution in [3.05, 3.63) is 59.9 Å². The maximum Gasteiger partial charge on any atom is 0.240 e. The molecule has 0 unspecified atom stereocenters. The van der Waals surface area contributed by atoms with Crippen molar-refractivity contribution in [1.29, 1.82) is 0 Å². The van der Waals surface area contributed by atoms with Crippen molar-refractivity contribution >= 4 is 15.9 Å². The smallest absolute Gasteiger partial charge is 0.240 e. The average Bonchev–Trinajstić information content (AvgIpc) is 2.58. The SMILES string of the molecule is CC(C)NS(=O)(=O)c1ccc(CCC(=O)NCc2cccnc2)cc1. The lowest BCUT2D eigenvalue weighted by Gasteiger charge is -2.10. The fourth-order valence-electron chi connectivity index (χ4n) is 2.26. The summed E-state index contributed by atoms with van der Waals surface area (Å²) in [7, 11) is -3.48. The van der Waals surface area contributed by atoms with E-state index in [4.69, 9.17) is 0 Å². The van der Waals surface area contributed by atoms with E-state index >= 15 is 0 Å². The number of benzene rings is 1. The van der Waals surface area contributed by atoms with Crippen LogP contribution in [0, 0.1) is 0 Å². The number of hydrogen-bond donors (Lipinski definition) is 2. The van der Waals surface area contributed by atoms with Crippen LogP contribution >= 0.6 is 0 Å². The summed E-state index contributed by atoms with van der Waals surface area (Å²) in [6.07, 6.45) is 4.30. The molecule has 2 N–H and O–H groups in total. The zero-order chi connectivity index (χ0) is 18.3. The van der Waals surface area contributed by atoms with Gasteiger partial charge in [0.15, 0.2) is 0 Å². The van der Waals surface area contributed by atoms with Gasteiger partial charge in [0.25, 0.3) is 0 Å². The van der Waals surface area contributed by atoms with E-state index in [0.717, 1.165) is 11.1 Å². The molecule has 0 atom stereocenters. The van der Waals surface area contributed by atoms with Gasteiger partial charge >= 0.3 is 0 Å². The largest absolute Gasteiger partial charge is 0.352 e. The fraction of sp³-hybridized carbons (Fsp3) is 0.333. The Morgan fingerprint density at radius 2 is 1.84 bits per heavy atom. The monoisotopic (exact) mass is 361 g/mol. The van der Waals surface area contributed by atoms with Gasteiger partial charge in [0, 0.05) is 31.4 Å². The quantitative estimate of drug-likeness (QED) is 0.753. The van der Waals surface area contributed by atoms with Crippen molar-refractivity contribution in [3.63, 3.8) is 0 Å². The van der Waals surface area contributed by atoms with Gasteiger partial charge in [-0.3, -0.25) is 9.78 Å². The second kappa shape index (κ2) is 8.73. The number of rotatable bonds is 8. The molecular weight excluding hydrogens is 338 g/mol. The molecule has 0 bridgehead atoms. The molecule has 0 fully saturated rings. The Bertz CT molecular complexity index is 788. The first-order chi connectivity index (χ1) is 11.9. The van der Waals surface area contributed by atoms with Gasteiger partial charge in [-0.25, -0.2) is 13.1 Å². The van der Waals surface area contributed by atoms with Gasteiger partial charge in [0.1, 0.15) is 0 Å². The molecule has 2 aromatic rings. The van der Waals surface area contributed by atoms with Gasteiger partial charge < -0.3 is 5.32 Å². The summed E-state index contributed by atoms with van der Waals surface area (Å²) in [5, 5.41) is 2.84. The number of sulfonamides is 1. The Balaban J connectivity index is 1.84. The highest BCUT2D eigenvalue weighted by molar-refractivity contribution is 7.89. The van der Waals surface area contributed by atoms with Crippen molar-refractivity contribution in [2.45, 2.75) is 44.2 Å². The first-order valence-corrected chi connectivity index (χ1v) is 9.62. The van der Waals surface area contributed by atoms with E-state index in [1.54, 1.807) is 50.5 Å². The van der Waals surface area contributed by atoms with E-state index in [-0.39, 0.29) is 16.8 Å². The highest BCUT2D eigenvalue weighted by Gasteiger charge is 2.14. The van der Waals surface area contributed by atoms with Crippen molar-refractivity contribution in [2.24, 2.45) is 0 Å². The summed E-state index contributed by atoms with van der Waals surface area (Å²) in [6, 6.07) is 10.2. The molecule has 7 heteroatoms. The van der Waals surface area contributed by atoms with Gasteiger partial charge in [0.2, 0.25) is 15.9 Å². The first-order valence-electron chi connectivity index (χ1n) is 8.14. The zero-order valence-corrected chi connectivity index (χ0v) is 15.2. The number of pyridine rings is 1. The Labute approximate surface area is 148 Å². The Hall–Kier alpha value is -2.25. The topological polar surface area (TPSA) is 88.2 Å². The number of aromatic nitrogens is 1. The highest BCUT2D eigenvalue weighted by Crippen LogP contribution is 2.12. The van der Waals surface area contributed by atoms with E-state index < -0.39 is 10.0 Å². The van der Waals surface area contributed by atoms with Gasteiger partial charge in [-0.2, -0.15) is 0 Å². The molecule has 0 saturated carbocycles. The second-order valence-corrected chi connectivity index (χ2v) is 7.77. The molecule has 1 heterocycles. The zero-order valence-electron chi connectivity index (χ0n) is 14.4. The summed E-state index contributed by atoms with van der Waals surface area (Å²) >= 11 is 0. The van der Waals surface area contributed by atoms with Crippen molar-refractivity contribution in [3.8, 4) is 0 Å². The maximum atomic E-state index is 12.1. The van der Waals surface area contributed by atoms with Crippen LogP contribution < -0.4 is 10.0 Å². The summed E-state index contributed by atoms with van der Waals surface area (Å²) in [5.74, 6) is -0.0537. The molecule has 0 radical (unpaired) electrons. The molecule has 0 aliphatic heterocycles. The Kier molecular flexibility index (Phi) is 6.66. The van der Waals surface area contributed by atoms with Crippen LogP contribution in [0.25, 0.3) is 0 Å². The third-order valence-corrected chi connectivity index (χ3v) is 5.15. The summed E-state index contributed by atoms with van der Waals surface area (Å²) in [4.78, 5) is 16.1. The van der Waals surface area contributed by atoms with E-state index in [1.165, 1.54) is 0 Å². The second-order valence-electron chi connectivity index (χ2n) is 6.06. The molecule has 2 rings (SSSR count). The van der Waals surface area contributed by atoms with Crippen LogP contribution in [0.3, 0.4) is 0 Å². The van der Waals surface area contributed by atoms with Crippen LogP contribution in [0.4, 0.5) is 0 Å². The van der Waals surface area contributed by atoms with Crippen LogP contribution in [0.2, 0.25) is 0 Å². The fourth-order valence-corrected chi connectivity index (χ4v) is 3.51. The molecule has 0 saturated heterocycles. The van der Waals surface area contributed by atoms with E-state index in [2.05, 4.69) is 15.0 Å². The van der Waals surface area contributed by atoms with E-state index in [0.29, 0.717) is 19.4 Å². The molecule has 25 heavy (non-hydrogen) atoms. The summed E-state index contributed by atoms with van der Waals surface area (Å²) in [5.41, 5.74) is 1.86. The lowest BCUT2D eigenvalue weighted by molar-refractivity contribution is -0.121. The van der Waals surface area contributed by atoms with Gasteiger partial charge in [-0.05, 0) is 49.6 Å². The summed E-state index contributed by atoms with van der Waals surface area (Å²) < 4.78 is 26.7. The average molecular weight is 361 g/mol. The molecule has 0 aliphatic carbocycles. The molecule has 0 spiro atoms. The highest BCUT2D eigenvalue weighted by atomic mass is 32.2. The first kappa shape index (κ1) is 19.1. The van der Waals surface area contributed by atoms with E-state index in [1.807, 2.05) is 12.1 Å². The maximum absolute atomic E-state index is 12.1. The van der Waals surface area contributed by atoms with Crippen LogP contribution in [-0.2, 0) is 27.8 Å². The number of aryl methyl sites for hydroxylation is 1. The third kappa shape index (κ3) is 6.28. The number of nitrogens with zero attached hydrogens (tertiary/aromatic N) is 1. The number of carbonyl (C=O) groups is 1. The van der Waals surface area contributed by atoms with Crippen LogP contribution in [0.15, 0.2) is 53.7 Å². The number of hydrogen-bond acceptors (Lipinski definition) is 4. The number of nitrogens with one attached hydrogen (secondary N) is 2. The Morgan fingerprint density at radius 1 is 1.12 bits per heavy atom. The predicted molar refractivity (Wildman–Crippen MR) is 96.3 cm³/mol. The molecule has 0 aliphatic rings. The molecular formula is C18H23N3O3S. The number of amides is 1. The van der Waals surface area contributed by atoms with E-state index in [9.17, 15) is 13.2 Å². The van der Waals surface area contributed by atoms with Crippen molar-refractivity contribution in [2.75, 3.05) is 0 Å². The molecule has 6 nitrogen and oxygen atoms in total. The van der Waals surface area contributed by atoms with Gasteiger partial charge in [0.05, 0.1) is 4.90 Å². The van der Waals surface area contributed by atoms with Crippen molar-refractivity contribution < 1.29 is 13.2 Å². The standard InChI is InChI=1S/C18H23N3O3S/c1-14(2)21-25(23,24)17-8-5-15(6-9-17)7-10-18(22)20-13-16-4-3-11-19-12-16/h3-6,8-9,11-12,14,21H,7,10,13H2,1-2H3,(H,20,22). The van der Waals surface area contributed by atoms with Crippen LogP contribution in [-0.4, -0.2) is 25.4 Å². The molecule has 1 aromatic heterocycles. The minimum absolute atomic E-state index is 0.0537. The lowest BCUT2D eigenvalue weighted by Crippen LogP contribution is -2.30. The van der Waals surface area contributed by atoms with Gasteiger partial charge in [-0.1, -0.05) is 18.2 Å². The minimum Gasteiger partial charge on any atom is -0.352 e. The lowest BCUT2D eigenvalue weighted by atomic mass is 10.1. The summed E-state index contributed by atoms with van der Waals surface area (Å²) in [6.45, 7) is 4.00. The van der Waals surface area contributed by atoms with Crippen LogP contribution in [0.5, 0.6) is 0 Å². The van der Waals surface area contributed by atoms with Gasteiger partial charge in [-0.15, -0.1) is 0 Å². The predicted octanol–water partition coefficient (Wildman–Crippen LogP) is 2.02.